The topological polar surface area (TPSA) is 97.7 Å². The van der Waals surface area contributed by atoms with Gasteiger partial charge in [-0.25, -0.2) is 4.98 Å². The Morgan fingerprint density at radius 2 is 1.32 bits per heavy atom. The van der Waals surface area contributed by atoms with Crippen LogP contribution >= 0.6 is 0 Å². The highest BCUT2D eigenvalue weighted by Crippen LogP contribution is 2.24. The van der Waals surface area contributed by atoms with Gasteiger partial charge in [0.05, 0.1) is 17.4 Å². The van der Waals surface area contributed by atoms with E-state index in [1.54, 1.807) is 6.20 Å². The van der Waals surface area contributed by atoms with Gasteiger partial charge in [-0.15, -0.1) is 0 Å². The molecular weight excluding hydrogens is 468 g/mol. The summed E-state index contributed by atoms with van der Waals surface area (Å²) in [7, 11) is 0. The van der Waals surface area contributed by atoms with Gasteiger partial charge in [0.1, 0.15) is 23.4 Å². The minimum Gasteiger partial charge on any atom is -0.465 e. The Hall–Kier alpha value is -3.80. The smallest absolute Gasteiger partial charge is 0.201 e. The molecule has 1 heterocycles. The maximum absolute atomic E-state index is 9.81. The van der Waals surface area contributed by atoms with Crippen molar-refractivity contribution in [3.8, 4) is 17.6 Å². The first-order chi connectivity index (χ1) is 18.1. The third-order valence-corrected chi connectivity index (χ3v) is 5.54. The predicted molar refractivity (Wildman–Crippen MR) is 145 cm³/mol. The van der Waals surface area contributed by atoms with Gasteiger partial charge in [-0.3, -0.25) is 0 Å². The van der Waals surface area contributed by atoms with Crippen LogP contribution in [0.5, 0.6) is 11.5 Å². The predicted octanol–water partition coefficient (Wildman–Crippen LogP) is 5.75. The first-order valence-corrected chi connectivity index (χ1v) is 12.7. The number of aromatic nitrogens is 1. The van der Waals surface area contributed by atoms with Crippen molar-refractivity contribution in [3.05, 3.63) is 78.0 Å². The van der Waals surface area contributed by atoms with Crippen LogP contribution in [0.3, 0.4) is 0 Å². The molecule has 3 rings (SSSR count). The van der Waals surface area contributed by atoms with Gasteiger partial charge >= 0.3 is 0 Å². The summed E-state index contributed by atoms with van der Waals surface area (Å²) in [5, 5.41) is 16.4. The summed E-state index contributed by atoms with van der Waals surface area (Å²) >= 11 is 0. The van der Waals surface area contributed by atoms with E-state index >= 15 is 0 Å². The molecule has 2 atom stereocenters. The highest BCUT2D eigenvalue weighted by atomic mass is 16.7. The van der Waals surface area contributed by atoms with Gasteiger partial charge in [-0.2, -0.15) is 5.26 Å². The lowest BCUT2D eigenvalue weighted by atomic mass is 10.1. The Bertz CT molecular complexity index is 1110. The van der Waals surface area contributed by atoms with Crippen LogP contribution in [0.2, 0.25) is 0 Å². The highest BCUT2D eigenvalue weighted by Gasteiger charge is 2.15. The van der Waals surface area contributed by atoms with Crippen LogP contribution in [0, 0.1) is 18.3 Å². The zero-order chi connectivity index (χ0) is 26.3. The van der Waals surface area contributed by atoms with Crippen LogP contribution in [-0.4, -0.2) is 43.9 Å². The van der Waals surface area contributed by atoms with Crippen molar-refractivity contribution in [1.29, 1.82) is 5.26 Å². The van der Waals surface area contributed by atoms with Crippen molar-refractivity contribution >= 4 is 11.5 Å². The maximum atomic E-state index is 9.81. The van der Waals surface area contributed by atoms with Gasteiger partial charge in [-0.1, -0.05) is 36.4 Å². The number of rotatable bonds is 16. The van der Waals surface area contributed by atoms with Crippen LogP contribution in [-0.2, 0) is 9.47 Å². The maximum Gasteiger partial charge on any atom is 0.201 e. The number of para-hydroxylation sites is 2. The van der Waals surface area contributed by atoms with Crippen LogP contribution in [0.1, 0.15) is 37.8 Å². The average Bonchev–Trinajstić information content (AvgIpc) is 2.91. The molecular formula is C29H36N4O4. The largest absolute Gasteiger partial charge is 0.465 e. The summed E-state index contributed by atoms with van der Waals surface area (Å²) in [4.78, 5) is 4.50. The average molecular weight is 505 g/mol. The molecule has 0 saturated heterocycles. The summed E-state index contributed by atoms with van der Waals surface area (Å²) in [6, 6.07) is 21.5. The van der Waals surface area contributed by atoms with Gasteiger partial charge in [0.2, 0.25) is 12.6 Å². The lowest BCUT2D eigenvalue weighted by molar-refractivity contribution is -0.0777. The molecule has 0 aliphatic rings. The first-order valence-electron chi connectivity index (χ1n) is 12.7. The second-order valence-electron chi connectivity index (χ2n) is 8.19. The second-order valence-corrected chi connectivity index (χ2v) is 8.19. The van der Waals surface area contributed by atoms with Crippen LogP contribution in [0.4, 0.5) is 11.5 Å². The van der Waals surface area contributed by atoms with Crippen molar-refractivity contribution in [2.24, 2.45) is 0 Å². The van der Waals surface area contributed by atoms with E-state index in [9.17, 15) is 5.26 Å². The second kappa shape index (κ2) is 15.3. The number of ether oxygens (including phenoxy) is 4. The van der Waals surface area contributed by atoms with Gasteiger partial charge in [-0.05, 0) is 50.6 Å². The summed E-state index contributed by atoms with van der Waals surface area (Å²) < 4.78 is 23.3. The SMILES string of the molecule is CCOC(CCNc1cnc(NCCC(OCC)Oc2ccccc2)c(C#N)c1C)Oc1ccccc1. The molecule has 3 aromatic rings. The monoisotopic (exact) mass is 504 g/mol. The van der Waals surface area contributed by atoms with E-state index in [1.165, 1.54) is 0 Å². The summed E-state index contributed by atoms with van der Waals surface area (Å²) in [6.45, 7) is 8.02. The minimum absolute atomic E-state index is 0.374. The standard InChI is InChI=1S/C29H36N4O4/c1-4-34-27(36-23-12-8-6-9-13-23)16-18-31-26-21-33-29(25(20-30)22(26)3)32-19-17-28(35-5-2)37-24-14-10-7-11-15-24/h6-15,21,27-28,31H,4-5,16-19H2,1-3H3,(H,32,33). The number of hydrogen-bond acceptors (Lipinski definition) is 8. The normalized spacial score (nSPS) is 12.3. The molecule has 8 heteroatoms. The lowest BCUT2D eigenvalue weighted by Crippen LogP contribution is -2.24. The van der Waals surface area contributed by atoms with Crippen molar-refractivity contribution in [3.63, 3.8) is 0 Å². The van der Waals surface area contributed by atoms with E-state index in [2.05, 4.69) is 21.7 Å². The molecule has 196 valence electrons. The highest BCUT2D eigenvalue weighted by molar-refractivity contribution is 5.65. The van der Waals surface area contributed by atoms with E-state index in [4.69, 9.17) is 18.9 Å². The summed E-state index contributed by atoms with van der Waals surface area (Å²) in [5.74, 6) is 2.06. The van der Waals surface area contributed by atoms with Crippen LogP contribution in [0.15, 0.2) is 66.9 Å². The third kappa shape index (κ3) is 8.98. The van der Waals surface area contributed by atoms with Gasteiger partial charge in [0.15, 0.2) is 0 Å². The number of benzene rings is 2. The third-order valence-electron chi connectivity index (χ3n) is 5.54. The lowest BCUT2D eigenvalue weighted by Gasteiger charge is -2.21. The molecule has 0 saturated carbocycles. The molecule has 0 fully saturated rings. The number of nitrogens with zero attached hydrogens (tertiary/aromatic N) is 2. The molecule has 37 heavy (non-hydrogen) atoms. The Morgan fingerprint density at radius 3 is 1.81 bits per heavy atom. The fourth-order valence-corrected chi connectivity index (χ4v) is 3.71. The van der Waals surface area contributed by atoms with E-state index in [0.29, 0.717) is 50.5 Å². The number of nitrogens with one attached hydrogen (secondary N) is 2. The van der Waals surface area contributed by atoms with Crippen molar-refractivity contribution in [2.75, 3.05) is 36.9 Å². The van der Waals surface area contributed by atoms with Crippen molar-refractivity contribution in [1.82, 2.24) is 4.98 Å². The number of anilines is 2. The zero-order valence-corrected chi connectivity index (χ0v) is 21.8. The molecule has 0 aliphatic heterocycles. The number of hydrogen-bond donors (Lipinski definition) is 2. The molecule has 0 aliphatic carbocycles. The van der Waals surface area contributed by atoms with E-state index in [0.717, 1.165) is 22.7 Å². The summed E-state index contributed by atoms with van der Waals surface area (Å²) in [5.41, 5.74) is 2.14. The number of pyridine rings is 1. The Morgan fingerprint density at radius 1 is 0.811 bits per heavy atom. The molecule has 0 amide bonds. The molecule has 0 radical (unpaired) electrons. The number of nitriles is 1. The van der Waals surface area contributed by atoms with Gasteiger partial charge in [0, 0.05) is 39.1 Å². The fraction of sp³-hybridized carbons (Fsp3) is 0.379. The molecule has 2 N–H and O–H groups in total. The molecule has 8 nitrogen and oxygen atoms in total. The first kappa shape index (κ1) is 27.8. The van der Waals surface area contributed by atoms with Crippen molar-refractivity contribution < 1.29 is 18.9 Å². The fourth-order valence-electron chi connectivity index (χ4n) is 3.71. The molecule has 1 aromatic heterocycles. The Kier molecular flexibility index (Phi) is 11.5. The van der Waals surface area contributed by atoms with E-state index < -0.39 is 6.29 Å². The van der Waals surface area contributed by atoms with E-state index in [1.807, 2.05) is 81.4 Å². The van der Waals surface area contributed by atoms with Gasteiger partial charge < -0.3 is 29.6 Å². The molecule has 2 aromatic carbocycles. The zero-order valence-electron chi connectivity index (χ0n) is 21.8. The van der Waals surface area contributed by atoms with Gasteiger partial charge in [0.25, 0.3) is 0 Å². The quantitative estimate of drug-likeness (QED) is 0.238. The minimum atomic E-state index is -0.399. The molecule has 0 bridgehead atoms. The van der Waals surface area contributed by atoms with E-state index in [-0.39, 0.29) is 6.29 Å². The Balaban J connectivity index is 1.54. The van der Waals surface area contributed by atoms with Crippen molar-refractivity contribution in [2.45, 2.75) is 46.2 Å². The summed E-state index contributed by atoms with van der Waals surface area (Å²) in [6.07, 6.45) is 2.19. The molecule has 0 spiro atoms. The Labute approximate surface area is 219 Å². The van der Waals surface area contributed by atoms with Crippen LogP contribution in [0.25, 0.3) is 0 Å². The molecule has 2 unspecified atom stereocenters. The van der Waals surface area contributed by atoms with Crippen LogP contribution < -0.4 is 20.1 Å².